The molecule has 2 aromatic carbocycles. The van der Waals surface area contributed by atoms with Crippen molar-refractivity contribution in [1.29, 1.82) is 0 Å². The number of benzene rings is 2. The molecule has 0 radical (unpaired) electrons. The lowest BCUT2D eigenvalue weighted by Crippen LogP contribution is -2.43. The van der Waals surface area contributed by atoms with Gasteiger partial charge in [0, 0.05) is 18.7 Å². The number of halogens is 4. The molecule has 3 atom stereocenters. The van der Waals surface area contributed by atoms with E-state index in [9.17, 15) is 27.2 Å². The summed E-state index contributed by atoms with van der Waals surface area (Å²) in [6.45, 7) is 5.25. The molecule has 3 aromatic rings. The van der Waals surface area contributed by atoms with Crippen LogP contribution in [0.4, 0.5) is 27.2 Å². The van der Waals surface area contributed by atoms with E-state index in [0.29, 0.717) is 28.9 Å². The highest BCUT2D eigenvalue weighted by Gasteiger charge is 2.42. The van der Waals surface area contributed by atoms with Crippen LogP contribution >= 0.6 is 11.3 Å². The lowest BCUT2D eigenvalue weighted by molar-refractivity contribution is -0.138. The predicted octanol–water partition coefficient (Wildman–Crippen LogP) is 5.49. The number of carbonyl (C=O) groups is 2. The third kappa shape index (κ3) is 8.60. The molecule has 0 spiro atoms. The monoisotopic (exact) mass is 596 g/mol. The minimum atomic E-state index is -4.57. The molecule has 41 heavy (non-hydrogen) atoms. The molecular formula is C27H28F4N4O5S. The number of alkyl halides is 3. The third-order valence-electron chi connectivity index (χ3n) is 5.87. The fraction of sp³-hybridized carbons (Fsp3) is 0.407. The van der Waals surface area contributed by atoms with E-state index in [1.165, 1.54) is 18.2 Å². The fourth-order valence-corrected chi connectivity index (χ4v) is 4.81. The van der Waals surface area contributed by atoms with Crippen molar-refractivity contribution in [2.75, 3.05) is 6.54 Å². The Morgan fingerprint density at radius 2 is 1.78 bits per heavy atom. The number of hydrogen-bond acceptors (Lipinski definition) is 9. The Kier molecular flexibility index (Phi) is 9.12. The summed E-state index contributed by atoms with van der Waals surface area (Å²) in [5, 5.41) is 11.7. The van der Waals surface area contributed by atoms with Gasteiger partial charge in [-0.1, -0.05) is 47.7 Å². The van der Waals surface area contributed by atoms with Crippen LogP contribution in [-0.4, -0.2) is 52.8 Å². The molecule has 2 heterocycles. The molecule has 1 aliphatic heterocycles. The van der Waals surface area contributed by atoms with Crippen molar-refractivity contribution < 1.29 is 41.4 Å². The molecule has 0 aliphatic carbocycles. The van der Waals surface area contributed by atoms with Gasteiger partial charge in [0.05, 0.1) is 6.04 Å². The summed E-state index contributed by atoms with van der Waals surface area (Å²) in [6.07, 6.45) is -7.72. The number of nitrogens with one attached hydrogen (secondary N) is 2. The second-order valence-electron chi connectivity index (χ2n) is 10.3. The van der Waals surface area contributed by atoms with Crippen LogP contribution in [0.15, 0.2) is 48.5 Å². The van der Waals surface area contributed by atoms with Crippen LogP contribution < -0.4 is 10.6 Å². The van der Waals surface area contributed by atoms with Gasteiger partial charge in [-0.05, 0) is 50.5 Å². The second-order valence-corrected chi connectivity index (χ2v) is 11.3. The zero-order chi connectivity index (χ0) is 29.8. The zero-order valence-corrected chi connectivity index (χ0v) is 23.1. The Morgan fingerprint density at radius 1 is 1.05 bits per heavy atom. The van der Waals surface area contributed by atoms with E-state index in [0.717, 1.165) is 5.56 Å². The van der Waals surface area contributed by atoms with Crippen LogP contribution in [0.2, 0.25) is 0 Å². The quantitative estimate of drug-likeness (QED) is 0.272. The van der Waals surface area contributed by atoms with Crippen LogP contribution in [0.3, 0.4) is 0 Å². The van der Waals surface area contributed by atoms with E-state index in [2.05, 4.69) is 20.8 Å². The number of alkyl carbamates (subject to hydrolysis) is 1. The van der Waals surface area contributed by atoms with Gasteiger partial charge in [0.15, 0.2) is 12.2 Å². The van der Waals surface area contributed by atoms with Crippen molar-refractivity contribution in [2.24, 2.45) is 0 Å². The first kappa shape index (κ1) is 30.2. The highest BCUT2D eigenvalue weighted by molar-refractivity contribution is 7.14. The van der Waals surface area contributed by atoms with Gasteiger partial charge < -0.3 is 24.8 Å². The van der Waals surface area contributed by atoms with E-state index in [-0.39, 0.29) is 18.1 Å². The van der Waals surface area contributed by atoms with Gasteiger partial charge >= 0.3 is 18.4 Å². The van der Waals surface area contributed by atoms with E-state index in [1.54, 1.807) is 51.1 Å². The average Bonchev–Trinajstić information content (AvgIpc) is 3.51. The van der Waals surface area contributed by atoms with Crippen molar-refractivity contribution >= 4 is 23.6 Å². The molecule has 1 aliphatic rings. The largest absolute Gasteiger partial charge is 0.509 e. The Bertz CT molecular complexity index is 1360. The van der Waals surface area contributed by atoms with Crippen LogP contribution in [0.25, 0.3) is 10.6 Å². The first-order valence-electron chi connectivity index (χ1n) is 12.6. The van der Waals surface area contributed by atoms with Crippen molar-refractivity contribution in [2.45, 2.75) is 63.8 Å². The standard InChI is InChI=1S/C27H28F4N4O5S/c1-26(2,3)40-25(37)38-20-14-32-19(21(20)39-24(36)33-13-16-5-4-6-18(28)11-16)12-15-7-9-17(10-8-15)22-34-35-23(41-22)27(29,30)31/h4-11,19-21,32H,12-14H2,1-3H3,(H,33,36)/t19-,20+,21+/m1/s1. The Hall–Kier alpha value is -3.78. The summed E-state index contributed by atoms with van der Waals surface area (Å²) in [5.74, 6) is -0.443. The number of aromatic nitrogens is 2. The highest BCUT2D eigenvalue weighted by atomic mass is 32.1. The molecule has 2 N–H and O–H groups in total. The number of nitrogens with zero attached hydrogens (tertiary/aromatic N) is 2. The Balaban J connectivity index is 1.44. The van der Waals surface area contributed by atoms with E-state index in [1.807, 2.05) is 0 Å². The minimum absolute atomic E-state index is 0.0160. The van der Waals surface area contributed by atoms with Crippen molar-refractivity contribution in [3.8, 4) is 10.6 Å². The van der Waals surface area contributed by atoms with E-state index >= 15 is 0 Å². The van der Waals surface area contributed by atoms with Gasteiger partial charge in [0.25, 0.3) is 0 Å². The lowest BCUT2D eigenvalue weighted by Gasteiger charge is -2.26. The summed E-state index contributed by atoms with van der Waals surface area (Å²) < 4.78 is 68.5. The average molecular weight is 597 g/mol. The first-order valence-corrected chi connectivity index (χ1v) is 13.4. The van der Waals surface area contributed by atoms with Crippen molar-refractivity contribution in [3.05, 3.63) is 70.5 Å². The van der Waals surface area contributed by atoms with Gasteiger partial charge in [0.1, 0.15) is 16.4 Å². The molecule has 0 bridgehead atoms. The van der Waals surface area contributed by atoms with Crippen molar-refractivity contribution in [3.63, 3.8) is 0 Å². The summed E-state index contributed by atoms with van der Waals surface area (Å²) in [4.78, 5) is 25.0. The molecule has 4 rings (SSSR count). The zero-order valence-electron chi connectivity index (χ0n) is 22.3. The first-order chi connectivity index (χ1) is 19.3. The molecule has 0 saturated carbocycles. The molecular weight excluding hydrogens is 568 g/mol. The predicted molar refractivity (Wildman–Crippen MR) is 140 cm³/mol. The normalized spacial score (nSPS) is 19.0. The molecule has 9 nitrogen and oxygen atoms in total. The Morgan fingerprint density at radius 3 is 2.41 bits per heavy atom. The second kappa shape index (κ2) is 12.4. The van der Waals surface area contributed by atoms with Crippen LogP contribution in [0.1, 0.15) is 36.9 Å². The Labute approximate surface area is 237 Å². The topological polar surface area (TPSA) is 112 Å². The molecule has 1 fully saturated rings. The molecule has 0 unspecified atom stereocenters. The lowest BCUT2D eigenvalue weighted by atomic mass is 10.0. The van der Waals surface area contributed by atoms with Gasteiger partial charge in [-0.3, -0.25) is 0 Å². The summed E-state index contributed by atoms with van der Waals surface area (Å²) in [7, 11) is 0. The maximum Gasteiger partial charge on any atom is 0.509 e. The van der Waals surface area contributed by atoms with E-state index < -0.39 is 53.1 Å². The molecule has 1 amide bonds. The van der Waals surface area contributed by atoms with Gasteiger partial charge in [-0.2, -0.15) is 13.2 Å². The molecule has 220 valence electrons. The molecule has 14 heteroatoms. The smallest absolute Gasteiger partial charge is 0.441 e. The highest BCUT2D eigenvalue weighted by Crippen LogP contribution is 2.35. The van der Waals surface area contributed by atoms with E-state index in [4.69, 9.17) is 14.2 Å². The minimum Gasteiger partial charge on any atom is -0.441 e. The van der Waals surface area contributed by atoms with Crippen LogP contribution in [0.5, 0.6) is 0 Å². The van der Waals surface area contributed by atoms with Gasteiger partial charge in [-0.25, -0.2) is 14.0 Å². The van der Waals surface area contributed by atoms with Crippen LogP contribution in [-0.2, 0) is 33.4 Å². The van der Waals surface area contributed by atoms with Gasteiger partial charge in [-0.15, -0.1) is 10.2 Å². The number of rotatable bonds is 7. The number of ether oxygens (including phenoxy) is 3. The van der Waals surface area contributed by atoms with Gasteiger partial charge in [0.2, 0.25) is 5.01 Å². The van der Waals surface area contributed by atoms with Crippen LogP contribution in [0, 0.1) is 5.82 Å². The maximum absolute atomic E-state index is 13.5. The summed E-state index contributed by atoms with van der Waals surface area (Å²) in [5.41, 5.74) is 0.981. The van der Waals surface area contributed by atoms with Crippen molar-refractivity contribution in [1.82, 2.24) is 20.8 Å². The number of carbonyl (C=O) groups excluding carboxylic acids is 2. The summed E-state index contributed by atoms with van der Waals surface area (Å²) >= 11 is 0.447. The number of hydrogen-bond donors (Lipinski definition) is 2. The fourth-order valence-electron chi connectivity index (χ4n) is 4.09. The SMILES string of the molecule is CC(C)(C)OC(=O)O[C@H]1CN[C@H](Cc2ccc(-c3nnc(C(F)(F)F)s3)cc2)[C@@H]1OC(=O)NCc1cccc(F)c1. The third-order valence-corrected chi connectivity index (χ3v) is 6.89. The maximum atomic E-state index is 13.5. The number of amides is 1. The molecule has 1 aromatic heterocycles. The summed E-state index contributed by atoms with van der Waals surface area (Å²) in [6, 6.07) is 11.9. The molecule has 1 saturated heterocycles.